The highest BCUT2D eigenvalue weighted by Crippen LogP contribution is 2.27. The zero-order chi connectivity index (χ0) is 16.3. The van der Waals surface area contributed by atoms with Crippen molar-refractivity contribution in [1.29, 1.82) is 0 Å². The lowest BCUT2D eigenvalue weighted by molar-refractivity contribution is 0.309. The van der Waals surface area contributed by atoms with E-state index in [1.807, 2.05) is 41.9 Å². The summed E-state index contributed by atoms with van der Waals surface area (Å²) in [6.45, 7) is 1.00. The van der Waals surface area contributed by atoms with Gasteiger partial charge in [-0.1, -0.05) is 30.3 Å². The summed E-state index contributed by atoms with van der Waals surface area (Å²) in [4.78, 5) is 0. The van der Waals surface area contributed by atoms with Crippen LogP contribution in [0.2, 0.25) is 0 Å². The van der Waals surface area contributed by atoms with Gasteiger partial charge in [-0.25, -0.2) is 8.42 Å². The van der Waals surface area contributed by atoms with Gasteiger partial charge < -0.3 is 4.57 Å². The molecule has 0 spiro atoms. The van der Waals surface area contributed by atoms with E-state index in [-0.39, 0.29) is 5.92 Å². The number of rotatable bonds is 4. The Morgan fingerprint density at radius 3 is 2.74 bits per heavy atom. The van der Waals surface area contributed by atoms with Gasteiger partial charge in [0.1, 0.15) is 12.2 Å². The second-order valence-electron chi connectivity index (χ2n) is 5.76. The highest BCUT2D eigenvalue weighted by atomic mass is 32.2. The molecule has 1 aromatic heterocycles. The fraction of sp³-hybridized carbons (Fsp3) is 0.375. The van der Waals surface area contributed by atoms with Crippen LogP contribution in [-0.4, -0.2) is 40.6 Å². The standard InChI is InChI=1S/C16H20N4O2S/c1-19-13-17-18-16(19)15-8-5-10-20(12-15)23(21,22)11-9-14-6-3-2-4-7-14/h2-4,6-7,9,11,13,15H,5,8,10,12H2,1H3/b11-9+. The quantitative estimate of drug-likeness (QED) is 0.859. The predicted octanol–water partition coefficient (Wildman–Crippen LogP) is 2.00. The number of benzene rings is 1. The third-order valence-corrected chi connectivity index (χ3v) is 5.62. The fourth-order valence-electron chi connectivity index (χ4n) is 2.86. The number of aryl methyl sites for hydroxylation is 1. The Labute approximate surface area is 136 Å². The van der Waals surface area contributed by atoms with E-state index in [2.05, 4.69) is 10.2 Å². The first-order chi connectivity index (χ1) is 11.1. The van der Waals surface area contributed by atoms with Crippen LogP contribution in [0.15, 0.2) is 42.1 Å². The molecule has 3 rings (SSSR count). The van der Waals surface area contributed by atoms with E-state index in [1.54, 1.807) is 12.4 Å². The van der Waals surface area contributed by atoms with Gasteiger partial charge in [0.2, 0.25) is 10.0 Å². The van der Waals surface area contributed by atoms with Gasteiger partial charge in [-0.2, -0.15) is 4.31 Å². The van der Waals surface area contributed by atoms with E-state index in [0.717, 1.165) is 24.2 Å². The lowest BCUT2D eigenvalue weighted by Crippen LogP contribution is -2.38. The van der Waals surface area contributed by atoms with Crippen molar-refractivity contribution in [2.24, 2.45) is 7.05 Å². The maximum absolute atomic E-state index is 12.6. The Bertz CT molecular complexity index is 783. The van der Waals surface area contributed by atoms with Crippen molar-refractivity contribution in [2.75, 3.05) is 13.1 Å². The van der Waals surface area contributed by atoms with Crippen LogP contribution in [0, 0.1) is 0 Å². The molecule has 2 aromatic rings. The molecule has 7 heteroatoms. The van der Waals surface area contributed by atoms with Crippen LogP contribution in [0.5, 0.6) is 0 Å². The van der Waals surface area contributed by atoms with E-state index < -0.39 is 10.0 Å². The summed E-state index contributed by atoms with van der Waals surface area (Å²) in [5.74, 6) is 0.938. The second kappa shape index (κ2) is 6.64. The first-order valence-electron chi connectivity index (χ1n) is 7.63. The molecular formula is C16H20N4O2S. The maximum Gasteiger partial charge on any atom is 0.236 e. The molecule has 1 aromatic carbocycles. The minimum absolute atomic E-state index is 0.0937. The number of sulfonamides is 1. The summed E-state index contributed by atoms with van der Waals surface area (Å²) < 4.78 is 28.5. The van der Waals surface area contributed by atoms with Crippen molar-refractivity contribution in [3.63, 3.8) is 0 Å². The van der Waals surface area contributed by atoms with Crippen molar-refractivity contribution in [3.8, 4) is 0 Å². The van der Waals surface area contributed by atoms with Crippen LogP contribution in [-0.2, 0) is 17.1 Å². The van der Waals surface area contributed by atoms with Crippen LogP contribution >= 0.6 is 0 Å². The molecule has 1 atom stereocenters. The zero-order valence-electron chi connectivity index (χ0n) is 13.0. The van der Waals surface area contributed by atoms with Crippen LogP contribution in [0.1, 0.15) is 30.1 Å². The summed E-state index contributed by atoms with van der Waals surface area (Å²) >= 11 is 0. The Morgan fingerprint density at radius 2 is 2.04 bits per heavy atom. The number of nitrogens with zero attached hydrogens (tertiary/aromatic N) is 4. The largest absolute Gasteiger partial charge is 0.320 e. The number of hydrogen-bond acceptors (Lipinski definition) is 4. The predicted molar refractivity (Wildman–Crippen MR) is 88.9 cm³/mol. The minimum Gasteiger partial charge on any atom is -0.320 e. The molecule has 6 nitrogen and oxygen atoms in total. The third kappa shape index (κ3) is 3.68. The molecule has 2 heterocycles. The minimum atomic E-state index is -3.42. The molecule has 0 amide bonds. The molecule has 0 bridgehead atoms. The van der Waals surface area contributed by atoms with Crippen LogP contribution < -0.4 is 0 Å². The molecule has 1 aliphatic rings. The van der Waals surface area contributed by atoms with E-state index in [0.29, 0.717) is 13.1 Å². The Balaban J connectivity index is 1.75. The first kappa shape index (κ1) is 15.9. The normalized spacial score (nSPS) is 20.1. The van der Waals surface area contributed by atoms with Gasteiger partial charge in [0.05, 0.1) is 0 Å². The summed E-state index contributed by atoms with van der Waals surface area (Å²) in [7, 11) is -1.54. The first-order valence-corrected chi connectivity index (χ1v) is 9.14. The molecule has 0 aliphatic carbocycles. The molecule has 0 saturated carbocycles. The van der Waals surface area contributed by atoms with Gasteiger partial charge in [-0.05, 0) is 24.5 Å². The molecular weight excluding hydrogens is 312 g/mol. The molecule has 1 unspecified atom stereocenters. The molecule has 1 aliphatic heterocycles. The number of hydrogen-bond donors (Lipinski definition) is 0. The number of piperidine rings is 1. The van der Waals surface area contributed by atoms with Crippen molar-refractivity contribution in [3.05, 3.63) is 53.5 Å². The van der Waals surface area contributed by atoms with Crippen molar-refractivity contribution >= 4 is 16.1 Å². The Hall–Kier alpha value is -1.99. The van der Waals surface area contributed by atoms with Crippen LogP contribution in [0.3, 0.4) is 0 Å². The Morgan fingerprint density at radius 1 is 1.26 bits per heavy atom. The number of aromatic nitrogens is 3. The van der Waals surface area contributed by atoms with Gasteiger partial charge in [0.25, 0.3) is 0 Å². The molecule has 0 N–H and O–H groups in total. The summed E-state index contributed by atoms with van der Waals surface area (Å²) in [6, 6.07) is 9.44. The van der Waals surface area contributed by atoms with Gasteiger partial charge in [0, 0.05) is 31.5 Å². The van der Waals surface area contributed by atoms with Crippen molar-refractivity contribution < 1.29 is 8.42 Å². The maximum atomic E-state index is 12.6. The smallest absolute Gasteiger partial charge is 0.236 e. The fourth-order valence-corrected chi connectivity index (χ4v) is 4.13. The molecule has 1 saturated heterocycles. The van der Waals surface area contributed by atoms with Crippen LogP contribution in [0.25, 0.3) is 6.08 Å². The van der Waals surface area contributed by atoms with Gasteiger partial charge >= 0.3 is 0 Å². The summed E-state index contributed by atoms with van der Waals surface area (Å²) in [6.07, 6.45) is 5.05. The van der Waals surface area contributed by atoms with Crippen molar-refractivity contribution in [1.82, 2.24) is 19.1 Å². The summed E-state index contributed by atoms with van der Waals surface area (Å²) in [5.41, 5.74) is 0.873. The lowest BCUT2D eigenvalue weighted by Gasteiger charge is -2.30. The topological polar surface area (TPSA) is 68.1 Å². The van der Waals surface area contributed by atoms with Crippen molar-refractivity contribution in [2.45, 2.75) is 18.8 Å². The lowest BCUT2D eigenvalue weighted by atomic mass is 9.99. The highest BCUT2D eigenvalue weighted by Gasteiger charge is 2.30. The van der Waals surface area contributed by atoms with E-state index >= 15 is 0 Å². The average Bonchev–Trinajstić information content (AvgIpc) is 3.00. The average molecular weight is 332 g/mol. The third-order valence-electron chi connectivity index (χ3n) is 4.09. The summed E-state index contributed by atoms with van der Waals surface area (Å²) in [5, 5.41) is 9.31. The van der Waals surface area contributed by atoms with E-state index in [9.17, 15) is 8.42 Å². The second-order valence-corrected chi connectivity index (χ2v) is 7.57. The van der Waals surface area contributed by atoms with E-state index in [4.69, 9.17) is 0 Å². The van der Waals surface area contributed by atoms with Gasteiger partial charge in [-0.3, -0.25) is 0 Å². The highest BCUT2D eigenvalue weighted by molar-refractivity contribution is 7.92. The monoisotopic (exact) mass is 332 g/mol. The molecule has 0 radical (unpaired) electrons. The SMILES string of the molecule is Cn1cnnc1C1CCCN(S(=O)(=O)/C=C/c2ccccc2)C1. The van der Waals surface area contributed by atoms with Gasteiger partial charge in [-0.15, -0.1) is 10.2 Å². The molecule has 122 valence electrons. The molecule has 23 heavy (non-hydrogen) atoms. The van der Waals surface area contributed by atoms with Gasteiger partial charge in [0.15, 0.2) is 0 Å². The van der Waals surface area contributed by atoms with E-state index in [1.165, 1.54) is 9.71 Å². The Kier molecular flexibility index (Phi) is 4.58. The van der Waals surface area contributed by atoms with Crippen LogP contribution in [0.4, 0.5) is 0 Å². The molecule has 1 fully saturated rings. The zero-order valence-corrected chi connectivity index (χ0v) is 13.9.